The highest BCUT2D eigenvalue weighted by molar-refractivity contribution is 7.93. The SMILES string of the molecule is O=C(N=S1(=O)CC2(COC2)C(=O)N1)Nc1c2c(cc3c1CCC3)CCC2. The minimum Gasteiger partial charge on any atom is -0.379 e. The second-order valence-electron chi connectivity index (χ2n) is 7.74. The zero-order valence-corrected chi connectivity index (χ0v) is 15.2. The van der Waals surface area contributed by atoms with Crippen molar-refractivity contribution in [2.24, 2.45) is 9.78 Å². The largest absolute Gasteiger partial charge is 0.379 e. The van der Waals surface area contributed by atoms with Crippen molar-refractivity contribution in [3.8, 4) is 0 Å². The Bertz CT molecular complexity index is 925. The Labute approximate surface area is 152 Å². The van der Waals surface area contributed by atoms with E-state index in [4.69, 9.17) is 4.74 Å². The summed E-state index contributed by atoms with van der Waals surface area (Å²) in [6.07, 6.45) is 6.16. The Morgan fingerprint density at radius 1 is 1.15 bits per heavy atom. The molecular formula is C18H21N3O4S. The summed E-state index contributed by atoms with van der Waals surface area (Å²) in [7, 11) is -3.09. The van der Waals surface area contributed by atoms with Crippen molar-refractivity contribution in [1.29, 1.82) is 0 Å². The van der Waals surface area contributed by atoms with E-state index in [9.17, 15) is 13.8 Å². The van der Waals surface area contributed by atoms with Crippen molar-refractivity contribution in [3.05, 3.63) is 28.3 Å². The number of benzene rings is 1. The fourth-order valence-corrected chi connectivity index (χ4v) is 6.63. The van der Waals surface area contributed by atoms with Crippen LogP contribution >= 0.6 is 0 Å². The van der Waals surface area contributed by atoms with Gasteiger partial charge in [-0.05, 0) is 60.8 Å². The van der Waals surface area contributed by atoms with Gasteiger partial charge in [-0.1, -0.05) is 6.07 Å². The Balaban J connectivity index is 1.45. The minimum absolute atomic E-state index is 0.0389. The Morgan fingerprint density at radius 3 is 2.35 bits per heavy atom. The van der Waals surface area contributed by atoms with Crippen LogP contribution in [-0.2, 0) is 45.1 Å². The summed E-state index contributed by atoms with van der Waals surface area (Å²) in [5.74, 6) is -0.288. The van der Waals surface area contributed by atoms with Crippen LogP contribution in [0.1, 0.15) is 35.1 Å². The van der Waals surface area contributed by atoms with E-state index in [0.717, 1.165) is 44.2 Å². The number of hydrogen-bond acceptors (Lipinski definition) is 4. The zero-order chi connectivity index (χ0) is 17.9. The number of anilines is 1. The van der Waals surface area contributed by atoms with Crippen LogP contribution in [0.15, 0.2) is 10.4 Å². The molecule has 2 heterocycles. The molecule has 0 radical (unpaired) electrons. The van der Waals surface area contributed by atoms with E-state index in [2.05, 4.69) is 20.5 Å². The first-order chi connectivity index (χ1) is 12.5. The van der Waals surface area contributed by atoms with Gasteiger partial charge in [-0.2, -0.15) is 0 Å². The highest BCUT2D eigenvalue weighted by Crippen LogP contribution is 2.39. The smallest absolute Gasteiger partial charge is 0.354 e. The Morgan fingerprint density at radius 2 is 1.81 bits per heavy atom. The molecule has 26 heavy (non-hydrogen) atoms. The molecule has 1 aromatic rings. The van der Waals surface area contributed by atoms with Crippen molar-refractivity contribution < 1.29 is 18.5 Å². The quantitative estimate of drug-likeness (QED) is 0.781. The number of nitrogens with zero attached hydrogens (tertiary/aromatic N) is 1. The third kappa shape index (κ3) is 2.39. The van der Waals surface area contributed by atoms with Gasteiger partial charge in [-0.25, -0.2) is 9.00 Å². The average Bonchev–Trinajstić information content (AvgIpc) is 3.23. The van der Waals surface area contributed by atoms with Crippen LogP contribution < -0.4 is 10.0 Å². The monoisotopic (exact) mass is 375 g/mol. The number of carbonyl (C=O) groups excluding carboxylic acids is 2. The van der Waals surface area contributed by atoms with Crippen molar-refractivity contribution >= 4 is 27.5 Å². The number of amides is 3. The molecule has 4 aliphatic rings. The number of aryl methyl sites for hydroxylation is 2. The predicted octanol–water partition coefficient (Wildman–Crippen LogP) is 1.73. The molecule has 1 aromatic carbocycles. The maximum absolute atomic E-state index is 12.9. The molecule has 3 amide bonds. The second-order valence-corrected chi connectivity index (χ2v) is 9.70. The molecule has 8 heteroatoms. The molecule has 1 unspecified atom stereocenters. The minimum atomic E-state index is -3.09. The first kappa shape index (κ1) is 16.3. The molecule has 1 atom stereocenters. The first-order valence-corrected chi connectivity index (χ1v) is 10.8. The van der Waals surface area contributed by atoms with Gasteiger partial charge in [0.2, 0.25) is 5.91 Å². The van der Waals surface area contributed by atoms with Gasteiger partial charge in [0.15, 0.2) is 0 Å². The van der Waals surface area contributed by atoms with Gasteiger partial charge in [0, 0.05) is 5.69 Å². The molecule has 2 saturated heterocycles. The van der Waals surface area contributed by atoms with Crippen LogP contribution in [0, 0.1) is 5.41 Å². The number of rotatable bonds is 1. The standard InChI is InChI=1S/C18H21N3O4S/c22-16-18(8-25-9-18)10-26(24,20-16)21-17(23)19-15-13-5-1-3-11(13)7-12-4-2-6-14(12)15/h7H,1-6,8-10H2,(H2,19,20,21,22,23,24). The van der Waals surface area contributed by atoms with Crippen molar-refractivity contribution in [3.63, 3.8) is 0 Å². The van der Waals surface area contributed by atoms with E-state index in [0.29, 0.717) is 0 Å². The normalized spacial score (nSPS) is 27.6. The van der Waals surface area contributed by atoms with Gasteiger partial charge in [0.1, 0.15) is 15.3 Å². The summed E-state index contributed by atoms with van der Waals surface area (Å²) in [5.41, 5.74) is 5.12. The number of hydrogen-bond donors (Lipinski definition) is 2. The number of fused-ring (bicyclic) bond motifs is 2. The highest BCUT2D eigenvalue weighted by atomic mass is 32.2. The number of urea groups is 1. The number of carbonyl (C=O) groups is 2. The predicted molar refractivity (Wildman–Crippen MR) is 96.3 cm³/mol. The average molecular weight is 375 g/mol. The summed E-state index contributed by atoms with van der Waals surface area (Å²) < 4.78 is 24.3. The van der Waals surface area contributed by atoms with E-state index in [1.54, 1.807) is 0 Å². The molecule has 138 valence electrons. The summed E-state index contributed by atoms with van der Waals surface area (Å²) >= 11 is 0. The number of nitrogens with one attached hydrogen (secondary N) is 2. The summed E-state index contributed by atoms with van der Waals surface area (Å²) in [4.78, 5) is 24.6. The van der Waals surface area contributed by atoms with E-state index in [1.165, 1.54) is 22.3 Å². The van der Waals surface area contributed by atoms with Crippen LogP contribution in [-0.4, -0.2) is 35.1 Å². The van der Waals surface area contributed by atoms with Gasteiger partial charge in [0.05, 0.1) is 19.0 Å². The summed E-state index contributed by atoms with van der Waals surface area (Å²) in [6, 6.07) is 1.65. The molecule has 2 aliphatic carbocycles. The van der Waals surface area contributed by atoms with E-state index < -0.39 is 21.4 Å². The molecule has 1 spiro atoms. The maximum atomic E-state index is 12.9. The summed E-state index contributed by atoms with van der Waals surface area (Å²) in [5, 5.41) is 2.91. The molecular weight excluding hydrogens is 354 g/mol. The molecule has 0 aromatic heterocycles. The highest BCUT2D eigenvalue weighted by Gasteiger charge is 2.54. The van der Waals surface area contributed by atoms with Crippen LogP contribution in [0.25, 0.3) is 0 Å². The fourth-order valence-electron chi connectivity index (χ4n) is 4.58. The van der Waals surface area contributed by atoms with Gasteiger partial charge in [0.25, 0.3) is 0 Å². The molecule has 2 fully saturated rings. The topological polar surface area (TPSA) is 96.9 Å². The number of ether oxygens (including phenoxy) is 1. The maximum Gasteiger partial charge on any atom is 0.354 e. The van der Waals surface area contributed by atoms with Crippen LogP contribution in [0.5, 0.6) is 0 Å². The molecule has 7 nitrogen and oxygen atoms in total. The Kier molecular flexibility index (Phi) is 3.46. The third-order valence-corrected chi connectivity index (χ3v) is 7.81. The zero-order valence-electron chi connectivity index (χ0n) is 14.4. The molecule has 5 rings (SSSR count). The second kappa shape index (κ2) is 5.53. The molecule has 2 N–H and O–H groups in total. The van der Waals surface area contributed by atoms with Gasteiger partial charge < -0.3 is 10.1 Å². The van der Waals surface area contributed by atoms with E-state index in [1.807, 2.05) is 0 Å². The van der Waals surface area contributed by atoms with Crippen LogP contribution in [0.2, 0.25) is 0 Å². The van der Waals surface area contributed by atoms with Gasteiger partial charge >= 0.3 is 6.03 Å². The van der Waals surface area contributed by atoms with E-state index in [-0.39, 0.29) is 24.9 Å². The van der Waals surface area contributed by atoms with Crippen molar-refractivity contribution in [2.45, 2.75) is 38.5 Å². The van der Waals surface area contributed by atoms with Gasteiger partial charge in [-0.3, -0.25) is 9.52 Å². The molecule has 0 bridgehead atoms. The first-order valence-electron chi connectivity index (χ1n) is 9.10. The lowest BCUT2D eigenvalue weighted by molar-refractivity contribution is -0.152. The van der Waals surface area contributed by atoms with Crippen LogP contribution in [0.3, 0.4) is 0 Å². The lowest BCUT2D eigenvalue weighted by atomic mass is 9.88. The lowest BCUT2D eigenvalue weighted by Gasteiger charge is -2.33. The third-order valence-electron chi connectivity index (χ3n) is 5.90. The molecule has 2 aliphatic heterocycles. The van der Waals surface area contributed by atoms with Crippen molar-refractivity contribution in [1.82, 2.24) is 4.72 Å². The van der Waals surface area contributed by atoms with Gasteiger partial charge in [-0.15, -0.1) is 4.36 Å². The van der Waals surface area contributed by atoms with Crippen molar-refractivity contribution in [2.75, 3.05) is 24.3 Å². The lowest BCUT2D eigenvalue weighted by Crippen LogP contribution is -2.49. The van der Waals surface area contributed by atoms with Crippen LogP contribution in [0.4, 0.5) is 10.5 Å². The van der Waals surface area contributed by atoms with E-state index >= 15 is 0 Å². The summed E-state index contributed by atoms with van der Waals surface area (Å²) in [6.45, 7) is 0.485. The fraction of sp³-hybridized carbons (Fsp3) is 0.556. The Hall–Kier alpha value is -1.93. The molecule has 0 saturated carbocycles.